The van der Waals surface area contributed by atoms with Crippen molar-refractivity contribution >= 4 is 11.9 Å². The molecule has 0 aliphatic carbocycles. The fourth-order valence-corrected chi connectivity index (χ4v) is 3.05. The van der Waals surface area contributed by atoms with Crippen LogP contribution < -0.4 is 20.1 Å². The van der Waals surface area contributed by atoms with Gasteiger partial charge in [0.2, 0.25) is 12.7 Å². The van der Waals surface area contributed by atoms with Crippen molar-refractivity contribution < 1.29 is 19.1 Å². The van der Waals surface area contributed by atoms with Gasteiger partial charge in [0, 0.05) is 39.8 Å². The van der Waals surface area contributed by atoms with Crippen LogP contribution in [0.1, 0.15) is 12.5 Å². The van der Waals surface area contributed by atoms with Crippen molar-refractivity contribution in [2.75, 3.05) is 40.0 Å². The van der Waals surface area contributed by atoms with E-state index in [-0.39, 0.29) is 18.7 Å². The first-order chi connectivity index (χ1) is 12.1. The van der Waals surface area contributed by atoms with Gasteiger partial charge in [-0.25, -0.2) is 4.79 Å². The third-order valence-electron chi connectivity index (χ3n) is 4.64. The standard InChI is InChI=1S/C17H24N4O4/c1-12(16(22)19-17(23)18-2)21-7-5-20(6-8-21)10-13-3-4-14-15(9-13)25-11-24-14/h3-4,9,12H,5-8,10-11H2,1-2H3,(H2,18,19,22,23)/t12-/m0/s1. The Morgan fingerprint density at radius 1 is 1.16 bits per heavy atom. The average Bonchev–Trinajstić information content (AvgIpc) is 3.09. The Balaban J connectivity index is 1.48. The van der Waals surface area contributed by atoms with E-state index in [1.165, 1.54) is 12.6 Å². The molecular formula is C17H24N4O4. The molecule has 0 aromatic heterocycles. The highest BCUT2D eigenvalue weighted by Crippen LogP contribution is 2.32. The number of rotatable bonds is 4. The number of carbonyl (C=O) groups is 2. The number of hydrogen-bond donors (Lipinski definition) is 2. The summed E-state index contributed by atoms with van der Waals surface area (Å²) in [5.74, 6) is 1.32. The lowest BCUT2D eigenvalue weighted by atomic mass is 10.1. The smallest absolute Gasteiger partial charge is 0.321 e. The second-order valence-electron chi connectivity index (χ2n) is 6.24. The number of hydrogen-bond acceptors (Lipinski definition) is 6. The number of nitrogens with one attached hydrogen (secondary N) is 2. The number of urea groups is 1. The van der Waals surface area contributed by atoms with E-state index in [1.807, 2.05) is 19.1 Å². The van der Waals surface area contributed by atoms with Gasteiger partial charge in [0.05, 0.1) is 6.04 Å². The number of ether oxygens (including phenoxy) is 2. The minimum Gasteiger partial charge on any atom is -0.454 e. The van der Waals surface area contributed by atoms with Crippen molar-refractivity contribution in [3.8, 4) is 11.5 Å². The Bertz CT molecular complexity index is 644. The van der Waals surface area contributed by atoms with Crippen molar-refractivity contribution in [2.45, 2.75) is 19.5 Å². The molecular weight excluding hydrogens is 324 g/mol. The third-order valence-corrected chi connectivity index (χ3v) is 4.64. The summed E-state index contributed by atoms with van der Waals surface area (Å²) < 4.78 is 10.8. The highest BCUT2D eigenvalue weighted by Gasteiger charge is 2.26. The molecule has 0 saturated carbocycles. The largest absolute Gasteiger partial charge is 0.454 e. The molecule has 2 aliphatic heterocycles. The summed E-state index contributed by atoms with van der Waals surface area (Å²) in [5.41, 5.74) is 1.18. The molecule has 136 valence electrons. The lowest BCUT2D eigenvalue weighted by Gasteiger charge is -2.37. The Morgan fingerprint density at radius 3 is 2.60 bits per heavy atom. The van der Waals surface area contributed by atoms with E-state index >= 15 is 0 Å². The summed E-state index contributed by atoms with van der Waals surface area (Å²) in [5, 5.41) is 4.72. The molecule has 1 aromatic carbocycles. The maximum absolute atomic E-state index is 12.0. The Morgan fingerprint density at radius 2 is 1.88 bits per heavy atom. The van der Waals surface area contributed by atoms with Crippen LogP contribution in [-0.2, 0) is 11.3 Å². The monoisotopic (exact) mass is 348 g/mol. The summed E-state index contributed by atoms with van der Waals surface area (Å²) in [6.45, 7) is 6.25. The second-order valence-corrected chi connectivity index (χ2v) is 6.24. The number of nitrogens with zero attached hydrogens (tertiary/aromatic N) is 2. The topological polar surface area (TPSA) is 83.1 Å². The van der Waals surface area contributed by atoms with Gasteiger partial charge in [0.1, 0.15) is 0 Å². The minimum absolute atomic E-state index is 0.274. The molecule has 1 aromatic rings. The molecule has 0 radical (unpaired) electrons. The van der Waals surface area contributed by atoms with Crippen LogP contribution in [0.15, 0.2) is 18.2 Å². The van der Waals surface area contributed by atoms with Gasteiger partial charge in [0.15, 0.2) is 11.5 Å². The van der Waals surface area contributed by atoms with Gasteiger partial charge in [-0.05, 0) is 24.6 Å². The maximum Gasteiger partial charge on any atom is 0.321 e. The number of carbonyl (C=O) groups excluding carboxylic acids is 2. The molecule has 3 amide bonds. The average molecular weight is 348 g/mol. The Kier molecular flexibility index (Phi) is 5.40. The van der Waals surface area contributed by atoms with Crippen LogP contribution in [0.4, 0.5) is 4.79 Å². The van der Waals surface area contributed by atoms with Gasteiger partial charge in [-0.15, -0.1) is 0 Å². The van der Waals surface area contributed by atoms with Crippen molar-refractivity contribution in [2.24, 2.45) is 0 Å². The second kappa shape index (κ2) is 7.71. The molecule has 0 bridgehead atoms. The predicted molar refractivity (Wildman–Crippen MR) is 91.5 cm³/mol. The fourth-order valence-electron chi connectivity index (χ4n) is 3.05. The molecule has 2 aliphatic rings. The van der Waals surface area contributed by atoms with E-state index in [9.17, 15) is 9.59 Å². The highest BCUT2D eigenvalue weighted by molar-refractivity contribution is 5.96. The summed E-state index contributed by atoms with van der Waals surface area (Å²) in [6, 6.07) is 5.22. The molecule has 8 heteroatoms. The number of piperazine rings is 1. The van der Waals surface area contributed by atoms with Gasteiger partial charge in [-0.3, -0.25) is 19.9 Å². The molecule has 0 unspecified atom stereocenters. The molecule has 0 spiro atoms. The molecule has 2 N–H and O–H groups in total. The van der Waals surface area contributed by atoms with Crippen LogP contribution in [0.25, 0.3) is 0 Å². The molecule has 1 fully saturated rings. The van der Waals surface area contributed by atoms with E-state index in [1.54, 1.807) is 0 Å². The number of benzene rings is 1. The minimum atomic E-state index is -0.474. The fraction of sp³-hybridized carbons (Fsp3) is 0.529. The third kappa shape index (κ3) is 4.21. The van der Waals surface area contributed by atoms with Crippen molar-refractivity contribution in [1.29, 1.82) is 0 Å². The zero-order chi connectivity index (χ0) is 17.8. The normalized spacial score (nSPS) is 18.6. The Labute approximate surface area is 147 Å². The van der Waals surface area contributed by atoms with Crippen molar-refractivity contribution in [3.63, 3.8) is 0 Å². The number of fused-ring (bicyclic) bond motifs is 1. The van der Waals surface area contributed by atoms with E-state index in [4.69, 9.17) is 9.47 Å². The SMILES string of the molecule is CNC(=O)NC(=O)[C@H](C)N1CCN(Cc2ccc3c(c2)OCO3)CC1. The van der Waals surface area contributed by atoms with E-state index in [0.29, 0.717) is 0 Å². The highest BCUT2D eigenvalue weighted by atomic mass is 16.7. The molecule has 1 atom stereocenters. The first-order valence-corrected chi connectivity index (χ1v) is 8.44. The van der Waals surface area contributed by atoms with E-state index < -0.39 is 6.03 Å². The summed E-state index contributed by atoms with van der Waals surface area (Å²) in [4.78, 5) is 27.7. The van der Waals surface area contributed by atoms with Crippen molar-refractivity contribution in [1.82, 2.24) is 20.4 Å². The molecule has 2 heterocycles. The maximum atomic E-state index is 12.0. The van der Waals surface area contributed by atoms with Crippen LogP contribution in [0.5, 0.6) is 11.5 Å². The lowest BCUT2D eigenvalue weighted by Crippen LogP contribution is -2.55. The van der Waals surface area contributed by atoms with Crippen LogP contribution in [0.3, 0.4) is 0 Å². The van der Waals surface area contributed by atoms with Crippen LogP contribution in [0, 0.1) is 0 Å². The lowest BCUT2D eigenvalue weighted by molar-refractivity contribution is -0.125. The number of imide groups is 1. The van der Waals surface area contributed by atoms with E-state index in [2.05, 4.69) is 26.5 Å². The molecule has 25 heavy (non-hydrogen) atoms. The molecule has 1 saturated heterocycles. The van der Waals surface area contributed by atoms with Gasteiger partial charge in [0.25, 0.3) is 0 Å². The first-order valence-electron chi connectivity index (χ1n) is 8.44. The van der Waals surface area contributed by atoms with Crippen molar-refractivity contribution in [3.05, 3.63) is 23.8 Å². The molecule has 3 rings (SSSR count). The summed E-state index contributed by atoms with van der Waals surface area (Å²) >= 11 is 0. The van der Waals surface area contributed by atoms with Crippen LogP contribution >= 0.6 is 0 Å². The molecule has 8 nitrogen and oxygen atoms in total. The van der Waals surface area contributed by atoms with Gasteiger partial charge in [-0.2, -0.15) is 0 Å². The van der Waals surface area contributed by atoms with Crippen LogP contribution in [-0.4, -0.2) is 67.8 Å². The van der Waals surface area contributed by atoms with Gasteiger partial charge >= 0.3 is 6.03 Å². The summed E-state index contributed by atoms with van der Waals surface area (Å²) in [7, 11) is 1.49. The number of amides is 3. The zero-order valence-corrected chi connectivity index (χ0v) is 14.6. The van der Waals surface area contributed by atoms with Gasteiger partial charge in [-0.1, -0.05) is 6.07 Å². The predicted octanol–water partition coefficient (Wildman–Crippen LogP) is 0.377. The first kappa shape index (κ1) is 17.5. The Hall–Kier alpha value is -2.32. The van der Waals surface area contributed by atoms with E-state index in [0.717, 1.165) is 44.2 Å². The van der Waals surface area contributed by atoms with Gasteiger partial charge < -0.3 is 14.8 Å². The quantitative estimate of drug-likeness (QED) is 0.818. The zero-order valence-electron chi connectivity index (χ0n) is 14.6. The summed E-state index contributed by atoms with van der Waals surface area (Å²) in [6.07, 6.45) is 0. The van der Waals surface area contributed by atoms with Crippen LogP contribution in [0.2, 0.25) is 0 Å².